The Morgan fingerprint density at radius 2 is 1.76 bits per heavy atom. The highest BCUT2D eigenvalue weighted by Crippen LogP contribution is 2.33. The van der Waals surface area contributed by atoms with Gasteiger partial charge in [-0.3, -0.25) is 0 Å². The van der Waals surface area contributed by atoms with Gasteiger partial charge in [0.1, 0.15) is 6.10 Å². The lowest BCUT2D eigenvalue weighted by Crippen LogP contribution is -2.50. The lowest BCUT2D eigenvalue weighted by molar-refractivity contribution is 0.126. The second-order valence-electron chi connectivity index (χ2n) is 6.33. The van der Waals surface area contributed by atoms with Crippen molar-refractivity contribution in [1.82, 2.24) is 10.1 Å². The van der Waals surface area contributed by atoms with Gasteiger partial charge in [-0.25, -0.2) is 0 Å². The molecule has 1 heterocycles. The molecule has 1 atom stereocenters. The molecule has 0 aliphatic rings. The van der Waals surface area contributed by atoms with Gasteiger partial charge in [0.05, 0.1) is 5.41 Å². The maximum atomic E-state index is 6.22. The molecule has 5 heteroatoms. The van der Waals surface area contributed by atoms with Gasteiger partial charge in [0, 0.05) is 12.6 Å². The van der Waals surface area contributed by atoms with Crippen LogP contribution in [0.3, 0.4) is 0 Å². The average molecular weight is 289 g/mol. The zero-order valence-corrected chi connectivity index (χ0v) is 13.3. The first-order valence-electron chi connectivity index (χ1n) is 6.98. The van der Waals surface area contributed by atoms with Crippen LogP contribution in [0.15, 0.2) is 34.9 Å². The van der Waals surface area contributed by atoms with E-state index in [0.29, 0.717) is 11.7 Å². The smallest absolute Gasteiger partial charge is 0.234 e. The molecule has 5 nitrogen and oxygen atoms in total. The zero-order chi connectivity index (χ0) is 15.7. The molecule has 1 unspecified atom stereocenters. The monoisotopic (exact) mass is 289 g/mol. The molecule has 2 rings (SSSR count). The first-order chi connectivity index (χ1) is 9.77. The second kappa shape index (κ2) is 5.58. The van der Waals surface area contributed by atoms with Crippen LogP contribution < -0.4 is 5.73 Å². The third kappa shape index (κ3) is 2.99. The van der Waals surface area contributed by atoms with Crippen molar-refractivity contribution in [2.75, 3.05) is 7.11 Å². The van der Waals surface area contributed by atoms with Crippen LogP contribution in [0, 0.1) is 0 Å². The number of ether oxygens (including phenoxy) is 1. The number of aromatic nitrogens is 2. The standard InChI is InChI=1S/C16H23N3O2/c1-15(2,16(3,4)17)14-18-13(19-21-14)12(20-5)11-9-7-6-8-10-11/h6-10,12H,17H2,1-5H3. The minimum atomic E-state index is -0.480. The lowest BCUT2D eigenvalue weighted by atomic mass is 9.75. The van der Waals surface area contributed by atoms with E-state index >= 15 is 0 Å². The summed E-state index contributed by atoms with van der Waals surface area (Å²) in [7, 11) is 1.63. The summed E-state index contributed by atoms with van der Waals surface area (Å²) in [5, 5.41) is 4.08. The molecular formula is C16H23N3O2. The van der Waals surface area contributed by atoms with Crippen molar-refractivity contribution >= 4 is 0 Å². The van der Waals surface area contributed by atoms with Crippen LogP contribution in [-0.2, 0) is 10.2 Å². The highest BCUT2D eigenvalue weighted by atomic mass is 16.5. The molecule has 0 aliphatic heterocycles. The van der Waals surface area contributed by atoms with E-state index < -0.39 is 11.0 Å². The zero-order valence-electron chi connectivity index (χ0n) is 13.3. The van der Waals surface area contributed by atoms with E-state index in [1.54, 1.807) is 7.11 Å². The Morgan fingerprint density at radius 3 is 2.29 bits per heavy atom. The number of hydrogen-bond donors (Lipinski definition) is 1. The molecule has 0 saturated heterocycles. The second-order valence-corrected chi connectivity index (χ2v) is 6.33. The number of benzene rings is 1. The highest BCUT2D eigenvalue weighted by Gasteiger charge is 2.40. The summed E-state index contributed by atoms with van der Waals surface area (Å²) in [6.45, 7) is 7.88. The van der Waals surface area contributed by atoms with Crippen LogP contribution in [0.4, 0.5) is 0 Å². The fourth-order valence-corrected chi connectivity index (χ4v) is 1.89. The normalized spacial score (nSPS) is 14.2. The van der Waals surface area contributed by atoms with Crippen LogP contribution >= 0.6 is 0 Å². The Hall–Kier alpha value is -1.72. The van der Waals surface area contributed by atoms with Crippen LogP contribution in [-0.4, -0.2) is 22.8 Å². The van der Waals surface area contributed by atoms with E-state index in [9.17, 15) is 0 Å². The van der Waals surface area contributed by atoms with E-state index in [4.69, 9.17) is 15.0 Å². The Kier molecular flexibility index (Phi) is 4.16. The summed E-state index contributed by atoms with van der Waals surface area (Å²) in [6.07, 6.45) is -0.347. The predicted octanol–water partition coefficient (Wildman–Crippen LogP) is 2.82. The SMILES string of the molecule is COC(c1ccccc1)c1noc(C(C)(C)C(C)(C)N)n1. The number of nitrogens with two attached hydrogens (primary N) is 1. The van der Waals surface area contributed by atoms with Crippen LogP contribution in [0.25, 0.3) is 0 Å². The first-order valence-corrected chi connectivity index (χ1v) is 6.98. The molecule has 0 spiro atoms. The van der Waals surface area contributed by atoms with E-state index in [-0.39, 0.29) is 6.10 Å². The fraction of sp³-hybridized carbons (Fsp3) is 0.500. The van der Waals surface area contributed by atoms with Crippen LogP contribution in [0.5, 0.6) is 0 Å². The van der Waals surface area contributed by atoms with Crippen molar-refractivity contribution in [3.8, 4) is 0 Å². The van der Waals surface area contributed by atoms with E-state index in [1.807, 2.05) is 58.0 Å². The minimum Gasteiger partial charge on any atom is -0.369 e. The third-order valence-corrected chi connectivity index (χ3v) is 4.16. The molecule has 0 saturated carbocycles. The summed E-state index contributed by atoms with van der Waals surface area (Å²) in [6, 6.07) is 9.81. The molecule has 0 amide bonds. The summed E-state index contributed by atoms with van der Waals surface area (Å²) >= 11 is 0. The molecule has 1 aromatic carbocycles. The van der Waals surface area contributed by atoms with Crippen molar-refractivity contribution in [3.63, 3.8) is 0 Å². The number of methoxy groups -OCH3 is 1. The van der Waals surface area contributed by atoms with Gasteiger partial charge in [-0.1, -0.05) is 35.5 Å². The van der Waals surface area contributed by atoms with E-state index in [0.717, 1.165) is 5.56 Å². The van der Waals surface area contributed by atoms with Gasteiger partial charge in [0.2, 0.25) is 11.7 Å². The van der Waals surface area contributed by atoms with Gasteiger partial charge in [-0.15, -0.1) is 0 Å². The van der Waals surface area contributed by atoms with Crippen molar-refractivity contribution < 1.29 is 9.26 Å². The molecule has 114 valence electrons. The quantitative estimate of drug-likeness (QED) is 0.916. The van der Waals surface area contributed by atoms with Crippen molar-refractivity contribution in [1.29, 1.82) is 0 Å². The number of hydrogen-bond acceptors (Lipinski definition) is 5. The number of rotatable bonds is 5. The Labute approximate surface area is 125 Å². The van der Waals surface area contributed by atoms with Crippen molar-refractivity contribution in [2.45, 2.75) is 44.8 Å². The molecule has 0 aliphatic carbocycles. The fourth-order valence-electron chi connectivity index (χ4n) is 1.89. The molecule has 21 heavy (non-hydrogen) atoms. The maximum Gasteiger partial charge on any atom is 0.234 e. The molecular weight excluding hydrogens is 266 g/mol. The largest absolute Gasteiger partial charge is 0.369 e. The Morgan fingerprint density at radius 1 is 1.14 bits per heavy atom. The van der Waals surface area contributed by atoms with Crippen LogP contribution in [0.1, 0.15) is 51.1 Å². The molecule has 2 aromatic rings. The Bertz CT molecular complexity index is 585. The molecule has 2 N–H and O–H groups in total. The van der Waals surface area contributed by atoms with Crippen molar-refractivity contribution in [2.24, 2.45) is 5.73 Å². The van der Waals surface area contributed by atoms with Gasteiger partial charge in [-0.05, 0) is 33.3 Å². The predicted molar refractivity (Wildman–Crippen MR) is 80.9 cm³/mol. The molecule has 0 radical (unpaired) electrons. The van der Waals surface area contributed by atoms with Crippen molar-refractivity contribution in [3.05, 3.63) is 47.6 Å². The number of nitrogens with zero attached hydrogens (tertiary/aromatic N) is 2. The van der Waals surface area contributed by atoms with Crippen LogP contribution in [0.2, 0.25) is 0 Å². The first kappa shape index (κ1) is 15.7. The van der Waals surface area contributed by atoms with E-state index in [2.05, 4.69) is 10.1 Å². The van der Waals surface area contributed by atoms with Gasteiger partial charge < -0.3 is 15.0 Å². The summed E-state index contributed by atoms with van der Waals surface area (Å²) in [5.74, 6) is 1.03. The third-order valence-electron chi connectivity index (χ3n) is 4.16. The van der Waals surface area contributed by atoms with Gasteiger partial charge in [-0.2, -0.15) is 4.98 Å². The average Bonchev–Trinajstić information content (AvgIpc) is 2.90. The van der Waals surface area contributed by atoms with E-state index in [1.165, 1.54) is 0 Å². The highest BCUT2D eigenvalue weighted by molar-refractivity contribution is 5.23. The van der Waals surface area contributed by atoms with Gasteiger partial charge >= 0.3 is 0 Å². The van der Waals surface area contributed by atoms with Gasteiger partial charge in [0.15, 0.2) is 0 Å². The summed E-state index contributed by atoms with van der Waals surface area (Å²) < 4.78 is 11.0. The molecule has 1 aromatic heterocycles. The summed E-state index contributed by atoms with van der Waals surface area (Å²) in [4.78, 5) is 4.51. The molecule has 0 fully saturated rings. The maximum absolute atomic E-state index is 6.22. The minimum absolute atomic E-state index is 0.347. The Balaban J connectivity index is 2.35. The van der Waals surface area contributed by atoms with Gasteiger partial charge in [0.25, 0.3) is 0 Å². The molecule has 0 bridgehead atoms. The lowest BCUT2D eigenvalue weighted by Gasteiger charge is -2.34. The topological polar surface area (TPSA) is 74.2 Å². The summed E-state index contributed by atoms with van der Waals surface area (Å²) in [5.41, 5.74) is 6.28.